The van der Waals surface area contributed by atoms with Gasteiger partial charge in [0, 0.05) is 45.6 Å². The van der Waals surface area contributed by atoms with E-state index in [1.54, 1.807) is 0 Å². The minimum atomic E-state index is 0.130. The van der Waals surface area contributed by atoms with Crippen LogP contribution in [-0.4, -0.2) is 16.5 Å². The van der Waals surface area contributed by atoms with Crippen LogP contribution in [0.3, 0.4) is 0 Å². The minimum Gasteiger partial charge on any atom is -0.325 e. The van der Waals surface area contributed by atoms with E-state index in [0.717, 1.165) is 41.3 Å². The summed E-state index contributed by atoms with van der Waals surface area (Å²) in [4.78, 5) is 11.7. The molecule has 1 aliphatic heterocycles. The number of rotatable bonds is 4. The topological polar surface area (TPSA) is 41.1 Å². The molecule has 1 aromatic heterocycles. The Morgan fingerprint density at radius 3 is 2.23 bits per heavy atom. The lowest BCUT2D eigenvalue weighted by molar-refractivity contribution is 0.643. The second-order valence-electron chi connectivity index (χ2n) is 7.52. The molecule has 3 aromatic carbocycles. The Balaban J connectivity index is 1.56. The Hall–Kier alpha value is -3.08. The molecule has 1 N–H and O–H groups in total. The predicted octanol–water partition coefficient (Wildman–Crippen LogP) is 7.01. The van der Waals surface area contributed by atoms with Crippen LogP contribution in [0.25, 0.3) is 0 Å². The molecule has 0 saturated carbocycles. The van der Waals surface area contributed by atoms with Crippen LogP contribution in [0.15, 0.2) is 85.1 Å². The maximum Gasteiger partial charge on any atom is 0.229 e. The number of aromatic nitrogens is 2. The third-order valence-corrected chi connectivity index (χ3v) is 6.13. The van der Waals surface area contributed by atoms with E-state index in [1.807, 2.05) is 72.9 Å². The van der Waals surface area contributed by atoms with Gasteiger partial charge in [-0.15, -0.1) is 0 Å². The van der Waals surface area contributed by atoms with Crippen molar-refractivity contribution >= 4 is 46.3 Å². The van der Waals surface area contributed by atoms with Crippen LogP contribution < -0.4 is 10.2 Å². The molecule has 0 spiro atoms. The van der Waals surface area contributed by atoms with Gasteiger partial charge in [-0.1, -0.05) is 65.7 Å². The maximum absolute atomic E-state index is 6.55. The van der Waals surface area contributed by atoms with Crippen molar-refractivity contribution in [1.82, 2.24) is 9.97 Å². The number of para-hydroxylation sites is 2. The zero-order valence-corrected chi connectivity index (χ0v) is 18.2. The summed E-state index contributed by atoms with van der Waals surface area (Å²) in [5, 5.41) is 4.68. The van der Waals surface area contributed by atoms with Gasteiger partial charge in [-0.05, 0) is 48.4 Å². The number of anilines is 4. The van der Waals surface area contributed by atoms with E-state index < -0.39 is 0 Å². The number of fused-ring (bicyclic) bond motifs is 1. The standard InChI is InChI=1S/C25H20Cl2N4/c26-21-12-7-13-22(27)23(21)18-14-17-15-28-25(29-19-8-3-1-4-9-19)30-24(17)31(16-18)20-10-5-2-6-11-20/h1-13,15,18H,14,16H2,(H,28,29,30). The lowest BCUT2D eigenvalue weighted by Crippen LogP contribution is -2.32. The Bertz CT molecular complexity index is 1180. The second kappa shape index (κ2) is 8.58. The van der Waals surface area contributed by atoms with Gasteiger partial charge >= 0.3 is 0 Å². The summed E-state index contributed by atoms with van der Waals surface area (Å²) in [6, 6.07) is 25.9. The van der Waals surface area contributed by atoms with Crippen LogP contribution in [0.1, 0.15) is 17.0 Å². The van der Waals surface area contributed by atoms with Gasteiger partial charge in [-0.2, -0.15) is 4.98 Å². The molecular formula is C25H20Cl2N4. The molecule has 4 nitrogen and oxygen atoms in total. The van der Waals surface area contributed by atoms with E-state index in [9.17, 15) is 0 Å². The fourth-order valence-electron chi connectivity index (χ4n) is 4.05. The number of hydrogen-bond acceptors (Lipinski definition) is 4. The highest BCUT2D eigenvalue weighted by molar-refractivity contribution is 6.36. The van der Waals surface area contributed by atoms with Crippen LogP contribution in [0.2, 0.25) is 10.0 Å². The van der Waals surface area contributed by atoms with Gasteiger partial charge in [-0.25, -0.2) is 4.98 Å². The van der Waals surface area contributed by atoms with Gasteiger partial charge in [-0.3, -0.25) is 0 Å². The smallest absolute Gasteiger partial charge is 0.229 e. The number of nitrogens with zero attached hydrogens (tertiary/aromatic N) is 3. The molecule has 31 heavy (non-hydrogen) atoms. The molecule has 0 aliphatic carbocycles. The quantitative estimate of drug-likeness (QED) is 0.366. The summed E-state index contributed by atoms with van der Waals surface area (Å²) < 4.78 is 0. The summed E-state index contributed by atoms with van der Waals surface area (Å²) >= 11 is 13.1. The average Bonchev–Trinajstić information content (AvgIpc) is 2.80. The van der Waals surface area contributed by atoms with Crippen LogP contribution >= 0.6 is 23.2 Å². The fourth-order valence-corrected chi connectivity index (χ4v) is 4.76. The monoisotopic (exact) mass is 446 g/mol. The summed E-state index contributed by atoms with van der Waals surface area (Å²) in [5.41, 5.74) is 4.06. The van der Waals surface area contributed by atoms with Gasteiger partial charge < -0.3 is 10.2 Å². The molecule has 0 amide bonds. The van der Waals surface area contributed by atoms with E-state index >= 15 is 0 Å². The largest absolute Gasteiger partial charge is 0.325 e. The van der Waals surface area contributed by atoms with Gasteiger partial charge in [0.2, 0.25) is 5.95 Å². The second-order valence-corrected chi connectivity index (χ2v) is 8.33. The fraction of sp³-hybridized carbons (Fsp3) is 0.120. The van der Waals surface area contributed by atoms with Crippen LogP contribution in [-0.2, 0) is 6.42 Å². The lowest BCUT2D eigenvalue weighted by atomic mass is 9.88. The summed E-state index contributed by atoms with van der Waals surface area (Å²) in [6.07, 6.45) is 2.67. The van der Waals surface area contributed by atoms with Crippen LogP contribution in [0.4, 0.5) is 23.1 Å². The highest BCUT2D eigenvalue weighted by Gasteiger charge is 2.30. The van der Waals surface area contributed by atoms with Crippen molar-refractivity contribution < 1.29 is 0 Å². The van der Waals surface area contributed by atoms with E-state index in [0.29, 0.717) is 16.0 Å². The maximum atomic E-state index is 6.55. The zero-order chi connectivity index (χ0) is 21.2. The van der Waals surface area contributed by atoms with E-state index in [-0.39, 0.29) is 5.92 Å². The highest BCUT2D eigenvalue weighted by Crippen LogP contribution is 2.42. The van der Waals surface area contributed by atoms with E-state index in [1.165, 1.54) is 0 Å². The zero-order valence-electron chi connectivity index (χ0n) is 16.7. The molecular weight excluding hydrogens is 427 g/mol. The Morgan fingerprint density at radius 2 is 1.52 bits per heavy atom. The first kappa shape index (κ1) is 19.9. The van der Waals surface area contributed by atoms with Gasteiger partial charge in [0.25, 0.3) is 0 Å². The number of halogens is 2. The first-order valence-electron chi connectivity index (χ1n) is 10.1. The molecule has 0 fully saturated rings. The Kier molecular flexibility index (Phi) is 5.49. The van der Waals surface area contributed by atoms with Crippen molar-refractivity contribution in [2.75, 3.05) is 16.8 Å². The Labute approximate surface area is 191 Å². The van der Waals surface area contributed by atoms with Gasteiger partial charge in [0.05, 0.1) is 0 Å². The molecule has 1 aliphatic rings. The predicted molar refractivity (Wildman–Crippen MR) is 128 cm³/mol. The molecule has 5 rings (SSSR count). The van der Waals surface area contributed by atoms with Crippen molar-refractivity contribution in [2.24, 2.45) is 0 Å². The Morgan fingerprint density at radius 1 is 0.839 bits per heavy atom. The van der Waals surface area contributed by atoms with Crippen LogP contribution in [0, 0.1) is 0 Å². The first-order valence-corrected chi connectivity index (χ1v) is 10.9. The molecule has 1 atom stereocenters. The lowest BCUT2D eigenvalue weighted by Gasteiger charge is -2.36. The van der Waals surface area contributed by atoms with Crippen molar-refractivity contribution in [3.8, 4) is 0 Å². The summed E-state index contributed by atoms with van der Waals surface area (Å²) in [7, 11) is 0. The highest BCUT2D eigenvalue weighted by atomic mass is 35.5. The third-order valence-electron chi connectivity index (χ3n) is 5.47. The summed E-state index contributed by atoms with van der Waals surface area (Å²) in [5.74, 6) is 1.60. The molecule has 154 valence electrons. The summed E-state index contributed by atoms with van der Waals surface area (Å²) in [6.45, 7) is 0.724. The van der Waals surface area contributed by atoms with Crippen molar-refractivity contribution in [1.29, 1.82) is 0 Å². The normalized spacial score (nSPS) is 15.4. The van der Waals surface area contributed by atoms with E-state index in [4.69, 9.17) is 28.2 Å². The molecule has 1 unspecified atom stereocenters. The number of hydrogen-bond donors (Lipinski definition) is 1. The minimum absolute atomic E-state index is 0.130. The van der Waals surface area contributed by atoms with Crippen molar-refractivity contribution in [3.63, 3.8) is 0 Å². The van der Waals surface area contributed by atoms with Gasteiger partial charge in [0.1, 0.15) is 5.82 Å². The molecule has 0 saturated heterocycles. The van der Waals surface area contributed by atoms with Gasteiger partial charge in [0.15, 0.2) is 0 Å². The molecule has 6 heteroatoms. The van der Waals surface area contributed by atoms with E-state index in [2.05, 4.69) is 27.3 Å². The van der Waals surface area contributed by atoms with Crippen LogP contribution in [0.5, 0.6) is 0 Å². The number of benzene rings is 3. The third kappa shape index (κ3) is 4.09. The molecule has 4 aromatic rings. The molecule has 2 heterocycles. The molecule has 0 bridgehead atoms. The SMILES string of the molecule is Clc1cccc(Cl)c1C1Cc2cnc(Nc3ccccc3)nc2N(c2ccccc2)C1. The van der Waals surface area contributed by atoms with Crippen molar-refractivity contribution in [2.45, 2.75) is 12.3 Å². The first-order chi connectivity index (χ1) is 15.2. The average molecular weight is 447 g/mol. The van der Waals surface area contributed by atoms with Crippen molar-refractivity contribution in [3.05, 3.63) is 106 Å². The molecule has 0 radical (unpaired) electrons. The number of nitrogens with one attached hydrogen (secondary N) is 1.